The average Bonchev–Trinajstić information content (AvgIpc) is 2.58. The number of nitrogens with zero attached hydrogens (tertiary/aromatic N) is 1. The number of benzene rings is 2. The van der Waals surface area contributed by atoms with Crippen LogP contribution in [0.2, 0.25) is 0 Å². The highest BCUT2D eigenvalue weighted by molar-refractivity contribution is 5.16. The Bertz CT molecular complexity index is 557. The maximum Gasteiger partial charge on any atom is 0.0598 e. The summed E-state index contributed by atoms with van der Waals surface area (Å²) < 4.78 is 0. The molecule has 2 N–H and O–H groups in total. The smallest absolute Gasteiger partial charge is 0.0598 e. The lowest BCUT2D eigenvalue weighted by molar-refractivity contribution is 0.287. The third-order valence-corrected chi connectivity index (χ3v) is 3.74. The molecular formula is C21H28N2. The highest BCUT2D eigenvalue weighted by atomic mass is 15.1. The molecule has 2 aromatic rings. The van der Waals surface area contributed by atoms with Crippen molar-refractivity contribution in [1.82, 2.24) is 4.90 Å². The molecule has 0 spiro atoms. The largest absolute Gasteiger partial charge is 0.330 e. The summed E-state index contributed by atoms with van der Waals surface area (Å²) in [6, 6.07) is 21.2. The predicted octanol–water partition coefficient (Wildman–Crippen LogP) is 3.37. The van der Waals surface area contributed by atoms with Gasteiger partial charge in [-0.3, -0.25) is 4.90 Å². The van der Waals surface area contributed by atoms with E-state index in [9.17, 15) is 0 Å². The molecule has 0 aliphatic heterocycles. The zero-order valence-electron chi connectivity index (χ0n) is 14.3. The van der Waals surface area contributed by atoms with Gasteiger partial charge in [-0.25, -0.2) is 0 Å². The summed E-state index contributed by atoms with van der Waals surface area (Å²) in [6.07, 6.45) is 7.31. The van der Waals surface area contributed by atoms with Crippen molar-refractivity contribution in [2.75, 3.05) is 20.1 Å². The number of terminal acetylenes is 1. The third-order valence-electron chi connectivity index (χ3n) is 3.74. The Labute approximate surface area is 141 Å². The summed E-state index contributed by atoms with van der Waals surface area (Å²) in [5.74, 6) is 2.66. The molecule has 23 heavy (non-hydrogen) atoms. The maximum atomic E-state index is 5.36. The zero-order valence-corrected chi connectivity index (χ0v) is 14.3. The van der Waals surface area contributed by atoms with E-state index in [1.807, 2.05) is 24.3 Å². The minimum absolute atomic E-state index is 0.494. The fourth-order valence-corrected chi connectivity index (χ4v) is 2.22. The molecule has 2 aromatic carbocycles. The number of hydrogen-bond donors (Lipinski definition) is 1. The second kappa shape index (κ2) is 11.5. The quantitative estimate of drug-likeness (QED) is 0.829. The van der Waals surface area contributed by atoms with Gasteiger partial charge in [0.1, 0.15) is 0 Å². The SMILES string of the molecule is C#CCN(C)C(C)Cc1ccccc1.NCCc1ccccc1. The van der Waals surface area contributed by atoms with Crippen molar-refractivity contribution in [3.8, 4) is 12.3 Å². The molecule has 0 aromatic heterocycles. The van der Waals surface area contributed by atoms with E-state index in [2.05, 4.69) is 61.2 Å². The van der Waals surface area contributed by atoms with Gasteiger partial charge >= 0.3 is 0 Å². The molecule has 0 aliphatic rings. The van der Waals surface area contributed by atoms with Crippen LogP contribution >= 0.6 is 0 Å². The van der Waals surface area contributed by atoms with Crippen LogP contribution in [-0.2, 0) is 12.8 Å². The van der Waals surface area contributed by atoms with E-state index < -0.39 is 0 Å². The summed E-state index contributed by atoms with van der Waals surface area (Å²) >= 11 is 0. The van der Waals surface area contributed by atoms with Crippen LogP contribution in [0.4, 0.5) is 0 Å². The molecule has 2 nitrogen and oxygen atoms in total. The van der Waals surface area contributed by atoms with Crippen LogP contribution < -0.4 is 5.73 Å². The standard InChI is InChI=1S/C13H17N.C8H11N/c1-4-10-14(3)12(2)11-13-8-6-5-7-9-13;9-7-6-8-4-2-1-3-5-8/h1,5-9,12H,10-11H2,2-3H3;1-5H,6-7,9H2. The number of nitrogens with two attached hydrogens (primary N) is 1. The van der Waals surface area contributed by atoms with Crippen molar-refractivity contribution in [2.24, 2.45) is 5.73 Å². The second-order valence-electron chi connectivity index (χ2n) is 5.68. The minimum Gasteiger partial charge on any atom is -0.330 e. The van der Waals surface area contributed by atoms with E-state index in [4.69, 9.17) is 12.2 Å². The summed E-state index contributed by atoms with van der Waals surface area (Å²) in [5, 5.41) is 0. The van der Waals surface area contributed by atoms with Crippen molar-refractivity contribution >= 4 is 0 Å². The first kappa shape index (κ1) is 19.0. The van der Waals surface area contributed by atoms with E-state index in [-0.39, 0.29) is 0 Å². The van der Waals surface area contributed by atoms with E-state index in [1.54, 1.807) is 0 Å². The van der Waals surface area contributed by atoms with Crippen LogP contribution in [0.1, 0.15) is 18.1 Å². The molecule has 0 saturated heterocycles. The lowest BCUT2D eigenvalue weighted by Crippen LogP contribution is -2.31. The van der Waals surface area contributed by atoms with Gasteiger partial charge in [0, 0.05) is 6.04 Å². The van der Waals surface area contributed by atoms with Gasteiger partial charge in [-0.2, -0.15) is 0 Å². The summed E-state index contributed by atoms with van der Waals surface area (Å²) in [4.78, 5) is 2.19. The van der Waals surface area contributed by atoms with Gasteiger partial charge < -0.3 is 5.73 Å². The molecule has 0 fully saturated rings. The van der Waals surface area contributed by atoms with Crippen molar-refractivity contribution in [3.05, 3.63) is 71.8 Å². The molecule has 1 unspecified atom stereocenters. The Morgan fingerprint density at radius 1 is 1.00 bits per heavy atom. The van der Waals surface area contributed by atoms with Gasteiger partial charge in [-0.1, -0.05) is 66.6 Å². The Morgan fingerprint density at radius 3 is 2.00 bits per heavy atom. The van der Waals surface area contributed by atoms with Crippen molar-refractivity contribution in [2.45, 2.75) is 25.8 Å². The van der Waals surface area contributed by atoms with E-state index in [1.165, 1.54) is 11.1 Å². The van der Waals surface area contributed by atoms with Gasteiger partial charge in [0.2, 0.25) is 0 Å². The maximum absolute atomic E-state index is 5.36. The molecule has 0 bridgehead atoms. The molecule has 0 saturated carbocycles. The van der Waals surface area contributed by atoms with Gasteiger partial charge in [0.25, 0.3) is 0 Å². The molecule has 1 atom stereocenters. The van der Waals surface area contributed by atoms with Crippen LogP contribution in [-0.4, -0.2) is 31.1 Å². The first-order valence-corrected chi connectivity index (χ1v) is 8.09. The van der Waals surface area contributed by atoms with E-state index in [0.717, 1.165) is 19.4 Å². The fraction of sp³-hybridized carbons (Fsp3) is 0.333. The zero-order chi connectivity index (χ0) is 16.9. The molecule has 0 radical (unpaired) electrons. The van der Waals surface area contributed by atoms with Crippen molar-refractivity contribution < 1.29 is 0 Å². The highest BCUT2D eigenvalue weighted by Gasteiger charge is 2.07. The number of rotatable bonds is 6. The van der Waals surface area contributed by atoms with Gasteiger partial charge in [-0.15, -0.1) is 6.42 Å². The Hall–Kier alpha value is -2.08. The fourth-order valence-electron chi connectivity index (χ4n) is 2.22. The first-order valence-electron chi connectivity index (χ1n) is 8.09. The Balaban J connectivity index is 0.000000253. The van der Waals surface area contributed by atoms with Crippen molar-refractivity contribution in [1.29, 1.82) is 0 Å². The molecule has 2 rings (SSSR count). The summed E-state index contributed by atoms with van der Waals surface area (Å²) in [7, 11) is 2.06. The monoisotopic (exact) mass is 308 g/mol. The average molecular weight is 308 g/mol. The number of likely N-dealkylation sites (N-methyl/N-ethyl adjacent to an activating group) is 1. The van der Waals surface area contributed by atoms with Crippen LogP contribution in [0.5, 0.6) is 0 Å². The van der Waals surface area contributed by atoms with Gasteiger partial charge in [-0.05, 0) is 44.5 Å². The third kappa shape index (κ3) is 8.21. The molecule has 122 valence electrons. The van der Waals surface area contributed by atoms with Crippen LogP contribution in [0, 0.1) is 12.3 Å². The van der Waals surface area contributed by atoms with Crippen LogP contribution in [0.25, 0.3) is 0 Å². The topological polar surface area (TPSA) is 29.3 Å². The lowest BCUT2D eigenvalue weighted by Gasteiger charge is -2.22. The van der Waals surface area contributed by atoms with E-state index >= 15 is 0 Å². The summed E-state index contributed by atoms with van der Waals surface area (Å²) in [6.45, 7) is 3.66. The summed E-state index contributed by atoms with van der Waals surface area (Å²) in [5.41, 5.74) is 8.04. The van der Waals surface area contributed by atoms with Gasteiger partial charge in [0.05, 0.1) is 6.54 Å². The van der Waals surface area contributed by atoms with Gasteiger partial charge in [0.15, 0.2) is 0 Å². The highest BCUT2D eigenvalue weighted by Crippen LogP contribution is 2.06. The Morgan fingerprint density at radius 2 is 1.52 bits per heavy atom. The minimum atomic E-state index is 0.494. The predicted molar refractivity (Wildman–Crippen MR) is 100 cm³/mol. The van der Waals surface area contributed by atoms with E-state index in [0.29, 0.717) is 12.6 Å². The molecule has 0 aliphatic carbocycles. The van der Waals surface area contributed by atoms with Crippen LogP contribution in [0.3, 0.4) is 0 Å². The molecular weight excluding hydrogens is 280 g/mol. The second-order valence-corrected chi connectivity index (χ2v) is 5.68. The van der Waals surface area contributed by atoms with Crippen LogP contribution in [0.15, 0.2) is 60.7 Å². The number of hydrogen-bond acceptors (Lipinski definition) is 2. The molecule has 0 heterocycles. The molecule has 2 heteroatoms. The lowest BCUT2D eigenvalue weighted by atomic mass is 10.1. The molecule has 0 amide bonds. The first-order chi connectivity index (χ1) is 11.2. The van der Waals surface area contributed by atoms with Crippen molar-refractivity contribution in [3.63, 3.8) is 0 Å². The normalized spacial score (nSPS) is 11.3. The Kier molecular flexibility index (Phi) is 9.47.